The average Bonchev–Trinajstić information content (AvgIpc) is 2.77. The summed E-state index contributed by atoms with van der Waals surface area (Å²) >= 11 is 6.36. The molecule has 156 valence electrons. The van der Waals surface area contributed by atoms with Crippen molar-refractivity contribution in [2.75, 3.05) is 12.3 Å². The number of carbonyl (C=O) groups excluding carboxylic acids is 1. The van der Waals surface area contributed by atoms with Crippen molar-refractivity contribution in [1.29, 1.82) is 0 Å². The Kier molecular flexibility index (Phi) is 6.53. The van der Waals surface area contributed by atoms with Gasteiger partial charge in [-0.05, 0) is 60.6 Å². The Labute approximate surface area is 182 Å². The largest absolute Gasteiger partial charge is 0.383 e. The molecule has 1 heterocycles. The minimum absolute atomic E-state index is 0.0879. The van der Waals surface area contributed by atoms with Gasteiger partial charge in [0.1, 0.15) is 5.82 Å². The van der Waals surface area contributed by atoms with Gasteiger partial charge in [-0.2, -0.15) is 0 Å². The van der Waals surface area contributed by atoms with E-state index in [4.69, 9.17) is 17.3 Å². The second-order valence-corrected chi connectivity index (χ2v) is 8.64. The first-order chi connectivity index (χ1) is 14.6. The fourth-order valence-corrected chi connectivity index (χ4v) is 4.53. The van der Waals surface area contributed by atoms with E-state index >= 15 is 0 Å². The summed E-state index contributed by atoms with van der Waals surface area (Å²) in [6.07, 6.45) is 7.38. The van der Waals surface area contributed by atoms with Crippen molar-refractivity contribution in [3.8, 4) is 11.1 Å². The van der Waals surface area contributed by atoms with E-state index in [1.54, 1.807) is 0 Å². The zero-order chi connectivity index (χ0) is 20.9. The maximum absolute atomic E-state index is 12.3. The van der Waals surface area contributed by atoms with E-state index in [1.807, 2.05) is 42.5 Å². The van der Waals surface area contributed by atoms with Crippen LogP contribution in [-0.2, 0) is 11.2 Å². The van der Waals surface area contributed by atoms with Gasteiger partial charge in [0.2, 0.25) is 5.91 Å². The summed E-state index contributed by atoms with van der Waals surface area (Å²) in [5, 5.41) is 4.82. The zero-order valence-corrected chi connectivity index (χ0v) is 17.9. The van der Waals surface area contributed by atoms with Gasteiger partial charge < -0.3 is 11.1 Å². The van der Waals surface area contributed by atoms with Crippen molar-refractivity contribution >= 4 is 34.2 Å². The maximum Gasteiger partial charge on any atom is 0.220 e. The third kappa shape index (κ3) is 4.93. The van der Waals surface area contributed by atoms with Gasteiger partial charge in [-0.1, -0.05) is 55.1 Å². The number of nitrogen functional groups attached to an aromatic ring is 1. The predicted octanol–water partition coefficient (Wildman–Crippen LogP) is 5.77. The van der Waals surface area contributed by atoms with E-state index in [1.165, 1.54) is 32.1 Å². The molecule has 1 aromatic heterocycles. The molecule has 1 saturated carbocycles. The van der Waals surface area contributed by atoms with Gasteiger partial charge in [0.05, 0.1) is 5.52 Å². The van der Waals surface area contributed by atoms with Crippen LogP contribution in [0, 0.1) is 5.92 Å². The molecular weight excluding hydrogens is 394 g/mol. The van der Waals surface area contributed by atoms with Gasteiger partial charge in [0.25, 0.3) is 0 Å². The number of anilines is 1. The minimum Gasteiger partial charge on any atom is -0.383 e. The summed E-state index contributed by atoms with van der Waals surface area (Å²) in [6, 6.07) is 15.9. The lowest BCUT2D eigenvalue weighted by molar-refractivity contribution is -0.121. The minimum atomic E-state index is 0.0879. The van der Waals surface area contributed by atoms with Gasteiger partial charge in [-0.15, -0.1) is 0 Å². The van der Waals surface area contributed by atoms with Crippen LogP contribution in [0.5, 0.6) is 0 Å². The summed E-state index contributed by atoms with van der Waals surface area (Å²) in [4.78, 5) is 16.9. The van der Waals surface area contributed by atoms with Crippen molar-refractivity contribution in [2.24, 2.45) is 5.92 Å². The highest BCUT2D eigenvalue weighted by Gasteiger charge is 2.15. The molecular formula is C25H28ClN3O. The molecule has 0 radical (unpaired) electrons. The Hall–Kier alpha value is -2.59. The number of amides is 1. The highest BCUT2D eigenvalue weighted by Crippen LogP contribution is 2.30. The fourth-order valence-electron chi connectivity index (χ4n) is 4.28. The lowest BCUT2D eigenvalue weighted by Crippen LogP contribution is -2.30. The Balaban J connectivity index is 1.45. The molecule has 3 N–H and O–H groups in total. The SMILES string of the molecule is Nc1nc2ccc(-c3ccccc3Cl)cc2cc1CCC(=O)NCC1CCCCC1. The maximum atomic E-state index is 12.3. The number of nitrogens with two attached hydrogens (primary N) is 1. The number of aryl methyl sites for hydroxylation is 1. The van der Waals surface area contributed by atoms with Gasteiger partial charge in [-0.25, -0.2) is 4.98 Å². The number of benzene rings is 2. The van der Waals surface area contributed by atoms with Crippen LogP contribution < -0.4 is 11.1 Å². The summed E-state index contributed by atoms with van der Waals surface area (Å²) in [7, 11) is 0. The lowest BCUT2D eigenvalue weighted by atomic mass is 9.89. The van der Waals surface area contributed by atoms with E-state index in [-0.39, 0.29) is 5.91 Å². The van der Waals surface area contributed by atoms with Gasteiger partial charge in [0.15, 0.2) is 0 Å². The first kappa shape index (κ1) is 20.7. The molecule has 0 unspecified atom stereocenters. The Morgan fingerprint density at radius 3 is 2.70 bits per heavy atom. The van der Waals surface area contributed by atoms with Gasteiger partial charge >= 0.3 is 0 Å². The molecule has 3 aromatic rings. The van der Waals surface area contributed by atoms with Crippen LogP contribution in [0.15, 0.2) is 48.5 Å². The van der Waals surface area contributed by atoms with Crippen molar-refractivity contribution < 1.29 is 4.79 Å². The number of pyridine rings is 1. The quantitative estimate of drug-likeness (QED) is 0.531. The van der Waals surface area contributed by atoms with Crippen molar-refractivity contribution in [2.45, 2.75) is 44.9 Å². The smallest absolute Gasteiger partial charge is 0.220 e. The second kappa shape index (κ2) is 9.48. The van der Waals surface area contributed by atoms with Crippen LogP contribution in [0.25, 0.3) is 22.0 Å². The van der Waals surface area contributed by atoms with Crippen LogP contribution in [0.3, 0.4) is 0 Å². The Morgan fingerprint density at radius 2 is 1.90 bits per heavy atom. The molecule has 30 heavy (non-hydrogen) atoms. The molecule has 0 atom stereocenters. The summed E-state index contributed by atoms with van der Waals surface area (Å²) in [6.45, 7) is 0.797. The Morgan fingerprint density at radius 1 is 1.10 bits per heavy atom. The van der Waals surface area contributed by atoms with E-state index in [0.29, 0.717) is 24.6 Å². The number of hydrogen-bond donors (Lipinski definition) is 2. The molecule has 1 fully saturated rings. The van der Waals surface area contributed by atoms with Crippen LogP contribution in [0.4, 0.5) is 5.82 Å². The van der Waals surface area contributed by atoms with Crippen molar-refractivity contribution in [3.05, 3.63) is 59.1 Å². The highest BCUT2D eigenvalue weighted by molar-refractivity contribution is 6.33. The van der Waals surface area contributed by atoms with Crippen molar-refractivity contribution in [1.82, 2.24) is 10.3 Å². The first-order valence-corrected chi connectivity index (χ1v) is 11.2. The van der Waals surface area contributed by atoms with Crippen LogP contribution in [-0.4, -0.2) is 17.4 Å². The molecule has 0 spiro atoms. The van der Waals surface area contributed by atoms with E-state index in [9.17, 15) is 4.79 Å². The Bertz CT molecular complexity index is 1040. The number of fused-ring (bicyclic) bond motifs is 1. The topological polar surface area (TPSA) is 68.0 Å². The van der Waals surface area contributed by atoms with Crippen molar-refractivity contribution in [3.63, 3.8) is 0 Å². The fraction of sp³-hybridized carbons (Fsp3) is 0.360. The molecule has 1 aliphatic carbocycles. The summed E-state index contributed by atoms with van der Waals surface area (Å²) in [5.74, 6) is 1.22. The van der Waals surface area contributed by atoms with Gasteiger partial charge in [0, 0.05) is 28.9 Å². The third-order valence-corrected chi connectivity index (χ3v) is 6.38. The average molecular weight is 422 g/mol. The number of nitrogens with zero attached hydrogens (tertiary/aromatic N) is 1. The third-order valence-electron chi connectivity index (χ3n) is 6.05. The normalized spacial score (nSPS) is 14.7. The first-order valence-electron chi connectivity index (χ1n) is 10.8. The summed E-state index contributed by atoms with van der Waals surface area (Å²) in [5.41, 5.74) is 9.95. The van der Waals surface area contributed by atoms with Crippen LogP contribution in [0.1, 0.15) is 44.1 Å². The molecule has 4 rings (SSSR count). The standard InChI is InChI=1S/C25H28ClN3O/c26-22-9-5-4-8-21(22)18-10-12-23-20(14-18)15-19(25(27)29-23)11-13-24(30)28-16-17-6-2-1-3-7-17/h4-5,8-10,12,14-15,17H,1-3,6-7,11,13,16H2,(H2,27,29)(H,28,30). The predicted molar refractivity (Wildman–Crippen MR) is 125 cm³/mol. The molecule has 1 aliphatic rings. The highest BCUT2D eigenvalue weighted by atomic mass is 35.5. The molecule has 1 amide bonds. The van der Waals surface area contributed by atoms with Crippen LogP contribution in [0.2, 0.25) is 5.02 Å². The van der Waals surface area contributed by atoms with E-state index < -0.39 is 0 Å². The zero-order valence-electron chi connectivity index (χ0n) is 17.2. The van der Waals surface area contributed by atoms with Gasteiger partial charge in [-0.3, -0.25) is 4.79 Å². The molecule has 4 nitrogen and oxygen atoms in total. The number of halogens is 1. The monoisotopic (exact) mass is 421 g/mol. The molecule has 0 aliphatic heterocycles. The number of carbonyl (C=O) groups is 1. The van der Waals surface area contributed by atoms with E-state index in [2.05, 4.69) is 16.4 Å². The number of nitrogens with one attached hydrogen (secondary N) is 1. The summed E-state index contributed by atoms with van der Waals surface area (Å²) < 4.78 is 0. The number of hydrogen-bond acceptors (Lipinski definition) is 3. The lowest BCUT2D eigenvalue weighted by Gasteiger charge is -2.21. The molecule has 5 heteroatoms. The second-order valence-electron chi connectivity index (χ2n) is 8.23. The number of aromatic nitrogens is 1. The van der Waals surface area contributed by atoms with Crippen LogP contribution >= 0.6 is 11.6 Å². The van der Waals surface area contributed by atoms with E-state index in [0.717, 1.165) is 39.2 Å². The molecule has 2 aromatic carbocycles. The molecule has 0 bridgehead atoms. The molecule has 0 saturated heterocycles. The number of rotatable bonds is 6.